The lowest BCUT2D eigenvalue weighted by Crippen LogP contribution is -2.52. The molecule has 4 N–H and O–H groups in total. The average Bonchev–Trinajstić information content (AvgIpc) is 2.29. The predicted octanol–water partition coefficient (Wildman–Crippen LogP) is 0.829. The van der Waals surface area contributed by atoms with Crippen molar-refractivity contribution < 1.29 is 27.5 Å². The number of nitrogens with two attached hydrogens (primary N) is 1. The zero-order chi connectivity index (χ0) is 16.6. The monoisotopic (exact) mass is 382 g/mol. The van der Waals surface area contributed by atoms with Gasteiger partial charge in [0.1, 0.15) is 10.4 Å². The molecule has 0 spiro atoms. The highest BCUT2D eigenvalue weighted by atomic mass is 79.9. The van der Waals surface area contributed by atoms with E-state index >= 15 is 0 Å². The lowest BCUT2D eigenvalue weighted by molar-refractivity contribution is -0.122. The van der Waals surface area contributed by atoms with Gasteiger partial charge >= 0.3 is 5.97 Å². The van der Waals surface area contributed by atoms with Crippen LogP contribution < -0.4 is 10.5 Å². The number of carboxylic acid groups (broad SMARTS) is 1. The molecule has 0 aliphatic carbocycles. The van der Waals surface area contributed by atoms with E-state index < -0.39 is 43.7 Å². The Labute approximate surface area is 128 Å². The Morgan fingerprint density at radius 1 is 1.38 bits per heavy atom. The maximum Gasteiger partial charge on any atom is 0.338 e. The van der Waals surface area contributed by atoms with Gasteiger partial charge in [-0.2, -0.15) is 4.72 Å². The Morgan fingerprint density at radius 3 is 2.33 bits per heavy atom. The van der Waals surface area contributed by atoms with Crippen LogP contribution in [0, 0.1) is 5.82 Å². The van der Waals surface area contributed by atoms with Crippen LogP contribution in [-0.4, -0.2) is 30.9 Å². The summed E-state index contributed by atoms with van der Waals surface area (Å²) in [6.45, 7) is 2.39. The third-order valence-electron chi connectivity index (χ3n) is 2.53. The number of sulfonamides is 1. The molecule has 1 amide bonds. The predicted molar refractivity (Wildman–Crippen MR) is 74.7 cm³/mol. The second-order valence-corrected chi connectivity index (χ2v) is 7.23. The van der Waals surface area contributed by atoms with Crippen LogP contribution in [0.15, 0.2) is 21.5 Å². The highest BCUT2D eigenvalue weighted by molar-refractivity contribution is 9.10. The van der Waals surface area contributed by atoms with Crippen molar-refractivity contribution in [3.05, 3.63) is 28.0 Å². The van der Waals surface area contributed by atoms with E-state index in [1.165, 1.54) is 13.8 Å². The van der Waals surface area contributed by atoms with Crippen LogP contribution in [0.5, 0.6) is 0 Å². The average molecular weight is 383 g/mol. The van der Waals surface area contributed by atoms with Crippen molar-refractivity contribution in [1.82, 2.24) is 4.72 Å². The fourth-order valence-corrected chi connectivity index (χ4v) is 3.48. The Kier molecular flexibility index (Phi) is 4.76. The van der Waals surface area contributed by atoms with Gasteiger partial charge in [-0.1, -0.05) is 15.9 Å². The van der Waals surface area contributed by atoms with Crippen LogP contribution in [0.25, 0.3) is 0 Å². The molecule has 0 unspecified atom stereocenters. The van der Waals surface area contributed by atoms with E-state index in [1.54, 1.807) is 0 Å². The lowest BCUT2D eigenvalue weighted by atomic mass is 10.1. The molecule has 1 aromatic carbocycles. The molecule has 1 aromatic rings. The number of primary amides is 1. The van der Waals surface area contributed by atoms with Crippen molar-refractivity contribution in [3.8, 4) is 0 Å². The summed E-state index contributed by atoms with van der Waals surface area (Å²) >= 11 is 2.90. The Morgan fingerprint density at radius 2 is 1.90 bits per heavy atom. The van der Waals surface area contributed by atoms with Crippen LogP contribution in [0.3, 0.4) is 0 Å². The van der Waals surface area contributed by atoms with Crippen molar-refractivity contribution in [1.29, 1.82) is 0 Å². The van der Waals surface area contributed by atoms with E-state index in [0.717, 1.165) is 12.1 Å². The summed E-state index contributed by atoms with van der Waals surface area (Å²) < 4.78 is 40.3. The quantitative estimate of drug-likeness (QED) is 0.694. The number of hydrogen-bond acceptors (Lipinski definition) is 4. The van der Waals surface area contributed by atoms with Gasteiger partial charge < -0.3 is 10.8 Å². The molecule has 0 heterocycles. The van der Waals surface area contributed by atoms with Crippen molar-refractivity contribution in [2.75, 3.05) is 0 Å². The van der Waals surface area contributed by atoms with E-state index in [0.29, 0.717) is 0 Å². The fraction of sp³-hybridized carbons (Fsp3) is 0.273. The summed E-state index contributed by atoms with van der Waals surface area (Å²) in [6.07, 6.45) is 0. The maximum atomic E-state index is 14.0. The largest absolute Gasteiger partial charge is 0.478 e. The Hall–Kier alpha value is -1.52. The number of rotatable bonds is 5. The van der Waals surface area contributed by atoms with Gasteiger partial charge in [0.25, 0.3) is 0 Å². The number of carbonyl (C=O) groups is 2. The van der Waals surface area contributed by atoms with E-state index in [4.69, 9.17) is 10.8 Å². The molecule has 0 radical (unpaired) electrons. The van der Waals surface area contributed by atoms with Gasteiger partial charge in [0, 0.05) is 4.47 Å². The van der Waals surface area contributed by atoms with Gasteiger partial charge in [-0.25, -0.2) is 17.6 Å². The molecule has 0 saturated heterocycles. The SMILES string of the molecule is CC(C)(NS(=O)(=O)c1cc(Br)cc(C(=O)O)c1F)C(N)=O. The normalized spacial score (nSPS) is 12.2. The molecule has 0 saturated carbocycles. The topological polar surface area (TPSA) is 127 Å². The number of carbonyl (C=O) groups excluding carboxylic acids is 1. The second kappa shape index (κ2) is 5.70. The molecular weight excluding hydrogens is 371 g/mol. The summed E-state index contributed by atoms with van der Waals surface area (Å²) in [5.41, 5.74) is 2.55. The molecule has 0 fully saturated rings. The highest BCUT2D eigenvalue weighted by Crippen LogP contribution is 2.25. The number of aromatic carboxylic acids is 1. The molecule has 0 aliphatic heterocycles. The van der Waals surface area contributed by atoms with Gasteiger partial charge in [-0.15, -0.1) is 0 Å². The first-order valence-electron chi connectivity index (χ1n) is 5.44. The van der Waals surface area contributed by atoms with E-state index in [2.05, 4.69) is 15.9 Å². The van der Waals surface area contributed by atoms with Gasteiger partial charge in [0.05, 0.1) is 5.56 Å². The summed E-state index contributed by atoms with van der Waals surface area (Å²) in [4.78, 5) is 21.2. The number of halogens is 2. The molecule has 0 aliphatic rings. The fourth-order valence-electron chi connectivity index (χ4n) is 1.36. The van der Waals surface area contributed by atoms with Gasteiger partial charge in [-0.3, -0.25) is 4.79 Å². The molecule has 0 aromatic heterocycles. The first-order valence-corrected chi connectivity index (χ1v) is 7.72. The minimum atomic E-state index is -4.49. The molecule has 7 nitrogen and oxygen atoms in total. The molecular formula is C11H12BrFN2O5S. The van der Waals surface area contributed by atoms with Crippen molar-refractivity contribution in [3.63, 3.8) is 0 Å². The lowest BCUT2D eigenvalue weighted by Gasteiger charge is -2.22. The second-order valence-electron chi connectivity index (χ2n) is 4.67. The van der Waals surface area contributed by atoms with Crippen LogP contribution in [0.1, 0.15) is 24.2 Å². The molecule has 116 valence electrons. The molecule has 0 bridgehead atoms. The third-order valence-corrected chi connectivity index (χ3v) is 4.64. The number of carboxylic acids is 1. The molecule has 10 heteroatoms. The third kappa shape index (κ3) is 3.77. The minimum absolute atomic E-state index is 0.0542. The summed E-state index contributed by atoms with van der Waals surface area (Å²) in [5.74, 6) is -4.03. The summed E-state index contributed by atoms with van der Waals surface area (Å²) in [6, 6.07) is 1.82. The maximum absolute atomic E-state index is 14.0. The van der Waals surface area contributed by atoms with Crippen LogP contribution in [0.2, 0.25) is 0 Å². The standard InChI is InChI=1S/C11H12BrFN2O5S/c1-11(2,10(14)18)15-21(19,20)7-4-5(12)3-6(8(7)13)9(16)17/h3-4,15H,1-2H3,(H2,14,18)(H,16,17). The number of benzene rings is 1. The molecule has 21 heavy (non-hydrogen) atoms. The Balaban J connectivity index is 3.46. The first-order chi connectivity index (χ1) is 9.38. The number of nitrogens with one attached hydrogen (secondary N) is 1. The summed E-state index contributed by atoms with van der Waals surface area (Å²) in [5, 5.41) is 8.85. The van der Waals surface area contributed by atoms with Gasteiger partial charge in [0.2, 0.25) is 15.9 Å². The Bertz CT molecular complexity index is 718. The minimum Gasteiger partial charge on any atom is -0.478 e. The zero-order valence-electron chi connectivity index (χ0n) is 11.0. The van der Waals surface area contributed by atoms with Gasteiger partial charge in [0.15, 0.2) is 5.82 Å². The molecule has 0 atom stereocenters. The van der Waals surface area contributed by atoms with Crippen molar-refractivity contribution >= 4 is 37.8 Å². The van der Waals surface area contributed by atoms with Crippen LogP contribution in [-0.2, 0) is 14.8 Å². The number of hydrogen-bond donors (Lipinski definition) is 3. The smallest absolute Gasteiger partial charge is 0.338 e. The van der Waals surface area contributed by atoms with E-state index in [-0.39, 0.29) is 4.47 Å². The van der Waals surface area contributed by atoms with E-state index in [9.17, 15) is 22.4 Å². The first kappa shape index (κ1) is 17.5. The molecule has 1 rings (SSSR count). The zero-order valence-corrected chi connectivity index (χ0v) is 13.4. The van der Waals surface area contributed by atoms with Gasteiger partial charge in [-0.05, 0) is 26.0 Å². The van der Waals surface area contributed by atoms with Crippen LogP contribution >= 0.6 is 15.9 Å². The van der Waals surface area contributed by atoms with Crippen molar-refractivity contribution in [2.45, 2.75) is 24.3 Å². The number of amides is 1. The highest BCUT2D eigenvalue weighted by Gasteiger charge is 2.34. The van der Waals surface area contributed by atoms with E-state index in [1.807, 2.05) is 4.72 Å². The summed E-state index contributed by atoms with van der Waals surface area (Å²) in [7, 11) is -4.49. The van der Waals surface area contributed by atoms with Crippen LogP contribution in [0.4, 0.5) is 4.39 Å². The van der Waals surface area contributed by atoms with Crippen molar-refractivity contribution in [2.24, 2.45) is 5.73 Å².